The Bertz CT molecular complexity index is 1040. The van der Waals surface area contributed by atoms with E-state index in [9.17, 15) is 14.4 Å². The van der Waals surface area contributed by atoms with Crippen molar-refractivity contribution < 1.29 is 14.3 Å². The van der Waals surface area contributed by atoms with Crippen molar-refractivity contribution in [3.63, 3.8) is 0 Å². The van der Waals surface area contributed by atoms with Gasteiger partial charge in [0.05, 0.1) is 7.11 Å². The molecule has 1 aromatic heterocycles. The van der Waals surface area contributed by atoms with Crippen LogP contribution in [0.5, 0.6) is 5.75 Å². The zero-order chi connectivity index (χ0) is 24.0. The third-order valence-electron chi connectivity index (χ3n) is 5.67. The number of carbonyl (C=O) groups excluding carboxylic acids is 2. The Morgan fingerprint density at radius 2 is 1.79 bits per heavy atom. The number of rotatable bonds is 8. The van der Waals surface area contributed by atoms with E-state index in [4.69, 9.17) is 4.74 Å². The van der Waals surface area contributed by atoms with Gasteiger partial charge in [-0.25, -0.2) is 0 Å². The van der Waals surface area contributed by atoms with Gasteiger partial charge < -0.3 is 19.5 Å². The van der Waals surface area contributed by atoms with Crippen LogP contribution in [-0.4, -0.2) is 66.0 Å². The van der Waals surface area contributed by atoms with Crippen LogP contribution >= 0.6 is 0 Å². The fourth-order valence-electron chi connectivity index (χ4n) is 4.04. The minimum atomic E-state index is -0.509. The Kier molecular flexibility index (Phi) is 8.27. The fourth-order valence-corrected chi connectivity index (χ4v) is 4.04. The maximum absolute atomic E-state index is 13.3. The van der Waals surface area contributed by atoms with E-state index in [0.29, 0.717) is 45.2 Å². The van der Waals surface area contributed by atoms with Crippen LogP contribution in [-0.2, 0) is 13.1 Å². The topological polar surface area (TPSA) is 83.9 Å². The highest BCUT2D eigenvalue weighted by atomic mass is 16.5. The van der Waals surface area contributed by atoms with Crippen LogP contribution in [0, 0.1) is 5.92 Å². The molecule has 0 bridgehead atoms. The van der Waals surface area contributed by atoms with Gasteiger partial charge in [0, 0.05) is 58.2 Å². The quantitative estimate of drug-likeness (QED) is 0.661. The van der Waals surface area contributed by atoms with E-state index in [1.807, 2.05) is 32.0 Å². The van der Waals surface area contributed by atoms with Gasteiger partial charge in [-0.2, -0.15) is 0 Å². The van der Waals surface area contributed by atoms with E-state index in [0.717, 1.165) is 17.9 Å². The second kappa shape index (κ2) is 11.1. The van der Waals surface area contributed by atoms with Crippen molar-refractivity contribution in [1.82, 2.24) is 19.7 Å². The molecule has 3 rings (SSSR count). The smallest absolute Gasteiger partial charge is 0.259 e. The second-order valence-corrected chi connectivity index (χ2v) is 8.78. The normalized spacial score (nSPS) is 14.4. The highest BCUT2D eigenvalue weighted by molar-refractivity contribution is 5.99. The number of pyridine rings is 1. The number of carbonyl (C=O) groups is 2. The van der Waals surface area contributed by atoms with Crippen LogP contribution in [0.25, 0.3) is 0 Å². The van der Waals surface area contributed by atoms with E-state index in [2.05, 4.69) is 16.3 Å². The number of hydrogen-bond donors (Lipinski definition) is 1. The number of aromatic nitrogens is 1. The number of benzene rings is 1. The summed E-state index contributed by atoms with van der Waals surface area (Å²) < 4.78 is 7.08. The van der Waals surface area contributed by atoms with Gasteiger partial charge in [-0.05, 0) is 30.5 Å². The van der Waals surface area contributed by atoms with Gasteiger partial charge in [-0.3, -0.25) is 19.3 Å². The molecule has 0 atom stereocenters. The molecule has 1 aliphatic rings. The van der Waals surface area contributed by atoms with Gasteiger partial charge in [-0.1, -0.05) is 26.0 Å². The van der Waals surface area contributed by atoms with Crippen LogP contribution < -0.4 is 15.5 Å². The predicted octanol–water partition coefficient (Wildman–Crippen LogP) is 2.22. The zero-order valence-corrected chi connectivity index (χ0v) is 20.0. The molecule has 2 aromatic rings. The summed E-state index contributed by atoms with van der Waals surface area (Å²) in [5, 5.41) is 2.67. The van der Waals surface area contributed by atoms with E-state index in [-0.39, 0.29) is 17.0 Å². The Hall–Kier alpha value is -3.13. The van der Waals surface area contributed by atoms with E-state index in [1.165, 1.54) is 0 Å². The van der Waals surface area contributed by atoms with Gasteiger partial charge >= 0.3 is 0 Å². The summed E-state index contributed by atoms with van der Waals surface area (Å²) in [4.78, 5) is 42.8. The molecule has 1 N–H and O–H groups in total. The van der Waals surface area contributed by atoms with Crippen molar-refractivity contribution >= 4 is 11.8 Å². The summed E-state index contributed by atoms with van der Waals surface area (Å²) in [6.07, 6.45) is 3.15. The third kappa shape index (κ3) is 6.22. The van der Waals surface area contributed by atoms with Gasteiger partial charge in [-0.15, -0.1) is 0 Å². The van der Waals surface area contributed by atoms with E-state index >= 15 is 0 Å². The first-order valence-corrected chi connectivity index (χ1v) is 11.5. The standard InChI is InChI=1S/C25H34N4O4/c1-5-26-24(31)21-16-28(14-18(2)3)17-22(23(21)30)25(32)29-11-9-27(10-12-29)15-19-7-6-8-20(13-19)33-4/h6-8,13,16-18H,5,9-12,14-15H2,1-4H3,(H,26,31). The highest BCUT2D eigenvalue weighted by Crippen LogP contribution is 2.16. The Morgan fingerprint density at radius 3 is 2.42 bits per heavy atom. The summed E-state index contributed by atoms with van der Waals surface area (Å²) in [6.45, 7) is 10.2. The van der Waals surface area contributed by atoms with Crippen LogP contribution in [0.1, 0.15) is 47.1 Å². The lowest BCUT2D eigenvalue weighted by Crippen LogP contribution is -2.49. The molecule has 1 fully saturated rings. The molecular weight excluding hydrogens is 420 g/mol. The number of nitrogens with zero attached hydrogens (tertiary/aromatic N) is 3. The van der Waals surface area contributed by atoms with Gasteiger partial charge in [0.1, 0.15) is 16.9 Å². The van der Waals surface area contributed by atoms with Gasteiger partial charge in [0.15, 0.2) is 0 Å². The van der Waals surface area contributed by atoms with E-state index < -0.39 is 11.3 Å². The zero-order valence-electron chi connectivity index (χ0n) is 20.0. The number of methoxy groups -OCH3 is 1. The molecular formula is C25H34N4O4. The predicted molar refractivity (Wildman–Crippen MR) is 128 cm³/mol. The number of piperazine rings is 1. The molecule has 33 heavy (non-hydrogen) atoms. The molecule has 0 saturated carbocycles. The molecule has 2 heterocycles. The van der Waals surface area contributed by atoms with Crippen LogP contribution in [0.3, 0.4) is 0 Å². The molecule has 8 nitrogen and oxygen atoms in total. The molecule has 1 aromatic carbocycles. The Balaban J connectivity index is 1.74. The maximum atomic E-state index is 13.3. The van der Waals surface area contributed by atoms with Gasteiger partial charge in [0.2, 0.25) is 5.43 Å². The van der Waals surface area contributed by atoms with Crippen LogP contribution in [0.15, 0.2) is 41.5 Å². The fraction of sp³-hybridized carbons (Fsp3) is 0.480. The number of ether oxygens (including phenoxy) is 1. The largest absolute Gasteiger partial charge is 0.497 e. The molecule has 0 radical (unpaired) electrons. The molecule has 0 unspecified atom stereocenters. The van der Waals surface area contributed by atoms with Crippen LogP contribution in [0.4, 0.5) is 0 Å². The third-order valence-corrected chi connectivity index (χ3v) is 5.67. The molecule has 8 heteroatoms. The average Bonchev–Trinajstić information content (AvgIpc) is 2.80. The first-order chi connectivity index (χ1) is 15.8. The summed E-state index contributed by atoms with van der Waals surface area (Å²) in [7, 11) is 1.65. The molecule has 0 spiro atoms. The molecule has 0 aliphatic carbocycles. The minimum Gasteiger partial charge on any atom is -0.497 e. The van der Waals surface area contributed by atoms with Crippen molar-refractivity contribution in [3.8, 4) is 5.75 Å². The van der Waals surface area contributed by atoms with Gasteiger partial charge in [0.25, 0.3) is 11.8 Å². The number of hydrogen-bond acceptors (Lipinski definition) is 5. The molecule has 178 valence electrons. The maximum Gasteiger partial charge on any atom is 0.259 e. The summed E-state index contributed by atoms with van der Waals surface area (Å²) in [5.74, 6) is 0.367. The van der Waals surface area contributed by atoms with E-state index in [1.54, 1.807) is 35.9 Å². The first kappa shape index (κ1) is 24.5. The average molecular weight is 455 g/mol. The molecule has 2 amide bonds. The van der Waals surface area contributed by atoms with Crippen molar-refractivity contribution in [2.45, 2.75) is 33.9 Å². The van der Waals surface area contributed by atoms with Crippen molar-refractivity contribution in [3.05, 3.63) is 63.6 Å². The lowest BCUT2D eigenvalue weighted by atomic mass is 10.1. The Labute approximate surface area is 195 Å². The SMILES string of the molecule is CCNC(=O)c1cn(CC(C)C)cc(C(=O)N2CCN(Cc3cccc(OC)c3)CC2)c1=O. The summed E-state index contributed by atoms with van der Waals surface area (Å²) >= 11 is 0. The Morgan fingerprint density at radius 1 is 1.09 bits per heavy atom. The summed E-state index contributed by atoms with van der Waals surface area (Å²) in [5.41, 5.74) is 0.714. The summed E-state index contributed by atoms with van der Waals surface area (Å²) in [6, 6.07) is 7.96. The number of nitrogens with one attached hydrogen (secondary N) is 1. The van der Waals surface area contributed by atoms with Crippen molar-refractivity contribution in [2.24, 2.45) is 5.92 Å². The molecule has 1 saturated heterocycles. The first-order valence-electron chi connectivity index (χ1n) is 11.5. The lowest BCUT2D eigenvalue weighted by Gasteiger charge is -2.34. The van der Waals surface area contributed by atoms with Crippen molar-refractivity contribution in [2.75, 3.05) is 39.8 Å². The minimum absolute atomic E-state index is 0.0139. The monoisotopic (exact) mass is 454 g/mol. The number of amides is 2. The lowest BCUT2D eigenvalue weighted by molar-refractivity contribution is 0.0626. The second-order valence-electron chi connectivity index (χ2n) is 8.78. The highest BCUT2D eigenvalue weighted by Gasteiger charge is 2.26. The molecule has 1 aliphatic heterocycles. The van der Waals surface area contributed by atoms with Crippen molar-refractivity contribution in [1.29, 1.82) is 0 Å². The van der Waals surface area contributed by atoms with Crippen LogP contribution in [0.2, 0.25) is 0 Å².